The number of hydrogen-bond acceptors (Lipinski definition) is 5. The molecule has 158 valence electrons. The molecule has 0 fully saturated rings. The molecule has 0 saturated heterocycles. The van der Waals surface area contributed by atoms with Crippen molar-refractivity contribution in [1.29, 1.82) is 0 Å². The number of carboxylic acids is 1. The highest BCUT2D eigenvalue weighted by molar-refractivity contribution is 7.17. The van der Waals surface area contributed by atoms with E-state index in [1.54, 1.807) is 4.57 Å². The Morgan fingerprint density at radius 3 is 2.35 bits per heavy atom. The Kier molecular flexibility index (Phi) is 5.86. The minimum atomic E-state index is -1.12. The molecule has 0 bridgehead atoms. The molecule has 0 amide bonds. The fraction of sp³-hybridized carbons (Fsp3) is 0.208. The molecule has 2 aromatic carbocycles. The summed E-state index contributed by atoms with van der Waals surface area (Å²) in [6, 6.07) is 15.6. The van der Waals surface area contributed by atoms with Crippen molar-refractivity contribution in [3.63, 3.8) is 0 Å². The maximum Gasteiger partial charge on any atom is 0.337 e. The largest absolute Gasteiger partial charge is 0.494 e. The first-order valence-corrected chi connectivity index (χ1v) is 10.8. The van der Waals surface area contributed by atoms with Gasteiger partial charge in [-0.2, -0.15) is 0 Å². The first kappa shape index (κ1) is 20.8. The monoisotopic (exact) mass is 434 g/mol. The van der Waals surface area contributed by atoms with E-state index in [1.807, 2.05) is 62.4 Å². The van der Waals surface area contributed by atoms with Crippen molar-refractivity contribution in [2.24, 2.45) is 0 Å². The fourth-order valence-corrected chi connectivity index (χ4v) is 4.26. The van der Waals surface area contributed by atoms with Crippen LogP contribution in [0, 0.1) is 13.8 Å². The Morgan fingerprint density at radius 2 is 1.71 bits per heavy atom. The van der Waals surface area contributed by atoms with Gasteiger partial charge in [0.25, 0.3) is 5.56 Å². The molecule has 1 N–H and O–H groups in total. The number of ether oxygens (including phenoxy) is 1. The molecular formula is C24H22N2O4S. The molecule has 4 rings (SSSR count). The van der Waals surface area contributed by atoms with Crippen LogP contribution in [0.25, 0.3) is 21.6 Å². The van der Waals surface area contributed by atoms with Gasteiger partial charge in [0.15, 0.2) is 0 Å². The normalized spacial score (nSPS) is 11.0. The van der Waals surface area contributed by atoms with Crippen molar-refractivity contribution >= 4 is 27.5 Å². The number of aromatic nitrogens is 2. The summed E-state index contributed by atoms with van der Waals surface area (Å²) in [7, 11) is 0. The number of nitrogens with zero attached hydrogens (tertiary/aromatic N) is 2. The lowest BCUT2D eigenvalue weighted by Crippen LogP contribution is -2.25. The molecule has 0 aliphatic rings. The maximum absolute atomic E-state index is 13.3. The number of rotatable bonds is 7. The number of carboxylic acid groups (broad SMARTS) is 1. The SMILES string of the molecule is Cc1ccc(OCCCn2c(-c3ccc(C)cc3)nc3scc(C(=O)O)c3c2=O)cc1. The van der Waals surface area contributed by atoms with Gasteiger partial charge in [0.2, 0.25) is 0 Å². The first-order chi connectivity index (χ1) is 14.9. The zero-order valence-corrected chi connectivity index (χ0v) is 18.1. The van der Waals surface area contributed by atoms with Gasteiger partial charge in [-0.05, 0) is 32.4 Å². The van der Waals surface area contributed by atoms with Crippen molar-refractivity contribution in [2.75, 3.05) is 6.61 Å². The average Bonchev–Trinajstić information content (AvgIpc) is 3.19. The molecule has 0 atom stereocenters. The summed E-state index contributed by atoms with van der Waals surface area (Å²) in [6.45, 7) is 4.80. The van der Waals surface area contributed by atoms with E-state index < -0.39 is 5.97 Å². The van der Waals surface area contributed by atoms with Crippen LogP contribution in [-0.4, -0.2) is 27.2 Å². The molecule has 2 aromatic heterocycles. The highest BCUT2D eigenvalue weighted by Gasteiger charge is 2.20. The van der Waals surface area contributed by atoms with Crippen LogP contribution >= 0.6 is 11.3 Å². The van der Waals surface area contributed by atoms with Gasteiger partial charge in [0.1, 0.15) is 16.4 Å². The van der Waals surface area contributed by atoms with Crippen LogP contribution < -0.4 is 10.3 Å². The Bertz CT molecular complexity index is 1290. The molecule has 7 heteroatoms. The van der Waals surface area contributed by atoms with Gasteiger partial charge in [-0.15, -0.1) is 11.3 Å². The van der Waals surface area contributed by atoms with Gasteiger partial charge in [-0.25, -0.2) is 9.78 Å². The topological polar surface area (TPSA) is 81.4 Å². The molecule has 4 aromatic rings. The van der Waals surface area contributed by atoms with Crippen molar-refractivity contribution in [3.05, 3.63) is 81.0 Å². The molecule has 0 aliphatic carbocycles. The second kappa shape index (κ2) is 8.73. The van der Waals surface area contributed by atoms with E-state index in [-0.39, 0.29) is 16.5 Å². The van der Waals surface area contributed by atoms with E-state index in [1.165, 1.54) is 16.7 Å². The third-order valence-corrected chi connectivity index (χ3v) is 5.92. The number of aromatic carboxylic acids is 1. The number of aryl methyl sites for hydroxylation is 2. The molecule has 0 saturated carbocycles. The van der Waals surface area contributed by atoms with Crippen molar-refractivity contribution < 1.29 is 14.6 Å². The zero-order valence-electron chi connectivity index (χ0n) is 17.3. The van der Waals surface area contributed by atoms with Crippen LogP contribution in [0.4, 0.5) is 0 Å². The van der Waals surface area contributed by atoms with E-state index in [0.717, 1.165) is 22.4 Å². The fourth-order valence-electron chi connectivity index (χ4n) is 3.36. The summed E-state index contributed by atoms with van der Waals surface area (Å²) in [5.74, 6) is 0.186. The number of benzene rings is 2. The Labute approximate surface area is 183 Å². The average molecular weight is 435 g/mol. The van der Waals surface area contributed by atoms with E-state index in [9.17, 15) is 14.7 Å². The molecular weight excluding hydrogens is 412 g/mol. The number of carbonyl (C=O) groups is 1. The van der Waals surface area contributed by atoms with Crippen LogP contribution in [0.15, 0.2) is 58.7 Å². The quantitative estimate of drug-likeness (QED) is 0.418. The predicted molar refractivity (Wildman–Crippen MR) is 122 cm³/mol. The summed E-state index contributed by atoms with van der Waals surface area (Å²) in [5.41, 5.74) is 2.74. The minimum Gasteiger partial charge on any atom is -0.494 e. The molecule has 0 radical (unpaired) electrons. The summed E-state index contributed by atoms with van der Waals surface area (Å²) in [4.78, 5) is 30.0. The van der Waals surface area contributed by atoms with Crippen LogP contribution in [0.5, 0.6) is 5.75 Å². The molecule has 0 aliphatic heterocycles. The summed E-state index contributed by atoms with van der Waals surface area (Å²) < 4.78 is 7.35. The van der Waals surface area contributed by atoms with E-state index in [2.05, 4.69) is 4.98 Å². The Hall–Kier alpha value is -3.45. The Balaban J connectivity index is 1.67. The van der Waals surface area contributed by atoms with Crippen LogP contribution in [-0.2, 0) is 6.54 Å². The van der Waals surface area contributed by atoms with Gasteiger partial charge in [-0.1, -0.05) is 47.5 Å². The first-order valence-electron chi connectivity index (χ1n) is 9.96. The second-order valence-electron chi connectivity index (χ2n) is 7.41. The van der Waals surface area contributed by atoms with E-state index in [4.69, 9.17) is 4.74 Å². The van der Waals surface area contributed by atoms with Crippen molar-refractivity contribution in [1.82, 2.24) is 9.55 Å². The molecule has 2 heterocycles. The standard InChI is InChI=1S/C24H22N2O4S/c1-15-4-8-17(9-5-15)21-25-22-20(19(14-31-22)24(28)29)23(27)26(21)12-3-13-30-18-10-6-16(2)7-11-18/h4-11,14H,3,12-13H2,1-2H3,(H,28,29). The molecule has 0 spiro atoms. The molecule has 6 nitrogen and oxygen atoms in total. The summed E-state index contributed by atoms with van der Waals surface area (Å²) in [6.07, 6.45) is 0.576. The smallest absolute Gasteiger partial charge is 0.337 e. The van der Waals surface area contributed by atoms with Crippen molar-refractivity contribution in [2.45, 2.75) is 26.8 Å². The highest BCUT2D eigenvalue weighted by atomic mass is 32.1. The minimum absolute atomic E-state index is 0.00221. The van der Waals surface area contributed by atoms with E-state index >= 15 is 0 Å². The lowest BCUT2D eigenvalue weighted by Gasteiger charge is -2.13. The van der Waals surface area contributed by atoms with Crippen LogP contribution in [0.2, 0.25) is 0 Å². The Morgan fingerprint density at radius 1 is 1.06 bits per heavy atom. The second-order valence-corrected chi connectivity index (χ2v) is 8.27. The van der Waals surface area contributed by atoms with Gasteiger partial charge in [0.05, 0.1) is 17.6 Å². The predicted octanol–water partition coefficient (Wildman–Crippen LogP) is 4.91. The number of thiophene rings is 1. The lowest BCUT2D eigenvalue weighted by molar-refractivity contribution is 0.0699. The van der Waals surface area contributed by atoms with Gasteiger partial charge in [-0.3, -0.25) is 9.36 Å². The maximum atomic E-state index is 13.3. The lowest BCUT2D eigenvalue weighted by atomic mass is 10.1. The van der Waals surface area contributed by atoms with Gasteiger partial charge in [0, 0.05) is 17.5 Å². The third kappa shape index (κ3) is 4.36. The number of hydrogen-bond donors (Lipinski definition) is 1. The molecule has 31 heavy (non-hydrogen) atoms. The van der Waals surface area contributed by atoms with Gasteiger partial charge < -0.3 is 9.84 Å². The van der Waals surface area contributed by atoms with Crippen LogP contribution in [0.3, 0.4) is 0 Å². The third-order valence-electron chi connectivity index (χ3n) is 5.05. The summed E-state index contributed by atoms with van der Waals surface area (Å²) >= 11 is 1.17. The summed E-state index contributed by atoms with van der Waals surface area (Å²) in [5, 5.41) is 11.1. The highest BCUT2D eigenvalue weighted by Crippen LogP contribution is 2.26. The van der Waals surface area contributed by atoms with Crippen LogP contribution in [0.1, 0.15) is 27.9 Å². The van der Waals surface area contributed by atoms with Gasteiger partial charge >= 0.3 is 5.97 Å². The molecule has 0 unspecified atom stereocenters. The zero-order chi connectivity index (χ0) is 22.0. The van der Waals surface area contributed by atoms with Crippen molar-refractivity contribution in [3.8, 4) is 17.1 Å². The number of fused-ring (bicyclic) bond motifs is 1. The van der Waals surface area contributed by atoms with E-state index in [0.29, 0.717) is 30.2 Å².